The van der Waals surface area contributed by atoms with Gasteiger partial charge in [-0.1, -0.05) is 18.2 Å². The molecule has 1 aliphatic rings. The Hall–Kier alpha value is -1.80. The predicted molar refractivity (Wildman–Crippen MR) is 84.8 cm³/mol. The zero-order valence-corrected chi connectivity index (χ0v) is 13.5. The molecule has 24 heavy (non-hydrogen) atoms. The van der Waals surface area contributed by atoms with Crippen molar-refractivity contribution in [2.24, 2.45) is 0 Å². The van der Waals surface area contributed by atoms with E-state index < -0.39 is 18.8 Å². The van der Waals surface area contributed by atoms with Gasteiger partial charge in [-0.2, -0.15) is 13.2 Å². The van der Waals surface area contributed by atoms with Gasteiger partial charge in [0, 0.05) is 37.0 Å². The number of carbonyl (C=O) groups is 1. The SMILES string of the molecule is CCOCc1ccccc1NC(=O)N[C@@H]1CCN(CC(F)(F)F)C1. The van der Waals surface area contributed by atoms with Gasteiger partial charge in [0.05, 0.1) is 13.2 Å². The molecular weight excluding hydrogens is 323 g/mol. The summed E-state index contributed by atoms with van der Waals surface area (Å²) in [4.78, 5) is 13.4. The lowest BCUT2D eigenvalue weighted by Gasteiger charge is -2.18. The molecule has 1 saturated heterocycles. The number of hydrogen-bond donors (Lipinski definition) is 2. The highest BCUT2D eigenvalue weighted by Gasteiger charge is 2.34. The third-order valence-electron chi connectivity index (χ3n) is 3.74. The fraction of sp³-hybridized carbons (Fsp3) is 0.562. The van der Waals surface area contributed by atoms with E-state index in [2.05, 4.69) is 10.6 Å². The molecule has 2 rings (SSSR count). The van der Waals surface area contributed by atoms with E-state index in [1.807, 2.05) is 19.1 Å². The van der Waals surface area contributed by atoms with Crippen molar-refractivity contribution in [3.8, 4) is 0 Å². The second kappa shape index (κ2) is 8.34. The largest absolute Gasteiger partial charge is 0.401 e. The van der Waals surface area contributed by atoms with Gasteiger partial charge in [-0.25, -0.2) is 4.79 Å². The Morgan fingerprint density at radius 1 is 1.38 bits per heavy atom. The minimum absolute atomic E-state index is 0.202. The summed E-state index contributed by atoms with van der Waals surface area (Å²) in [6.45, 7) is 2.42. The van der Waals surface area contributed by atoms with E-state index in [-0.39, 0.29) is 12.6 Å². The molecule has 5 nitrogen and oxygen atoms in total. The van der Waals surface area contributed by atoms with Crippen LogP contribution in [0, 0.1) is 0 Å². The molecule has 1 fully saturated rings. The van der Waals surface area contributed by atoms with Gasteiger partial charge in [0.2, 0.25) is 0 Å². The minimum Gasteiger partial charge on any atom is -0.377 e. The van der Waals surface area contributed by atoms with E-state index >= 15 is 0 Å². The zero-order chi connectivity index (χ0) is 17.6. The number of benzene rings is 1. The Morgan fingerprint density at radius 3 is 2.83 bits per heavy atom. The van der Waals surface area contributed by atoms with E-state index in [0.29, 0.717) is 31.9 Å². The number of anilines is 1. The number of nitrogens with one attached hydrogen (secondary N) is 2. The predicted octanol–water partition coefficient (Wildman–Crippen LogP) is 2.98. The minimum atomic E-state index is -4.21. The number of hydrogen-bond acceptors (Lipinski definition) is 3. The Morgan fingerprint density at radius 2 is 2.12 bits per heavy atom. The third kappa shape index (κ3) is 6.01. The first-order valence-electron chi connectivity index (χ1n) is 7.89. The molecule has 0 radical (unpaired) electrons. The van der Waals surface area contributed by atoms with Crippen molar-refractivity contribution in [1.29, 1.82) is 0 Å². The summed E-state index contributed by atoms with van der Waals surface area (Å²) in [5.74, 6) is 0. The van der Waals surface area contributed by atoms with Crippen LogP contribution in [0.5, 0.6) is 0 Å². The van der Waals surface area contributed by atoms with Crippen molar-refractivity contribution in [3.05, 3.63) is 29.8 Å². The lowest BCUT2D eigenvalue weighted by atomic mass is 10.2. The van der Waals surface area contributed by atoms with E-state index in [1.54, 1.807) is 12.1 Å². The zero-order valence-electron chi connectivity index (χ0n) is 13.5. The molecule has 1 heterocycles. The average molecular weight is 345 g/mol. The molecule has 134 valence electrons. The molecule has 2 amide bonds. The smallest absolute Gasteiger partial charge is 0.377 e. The molecular formula is C16H22F3N3O2. The first-order valence-corrected chi connectivity index (χ1v) is 7.89. The second-order valence-corrected chi connectivity index (χ2v) is 5.73. The lowest BCUT2D eigenvalue weighted by Crippen LogP contribution is -2.41. The summed E-state index contributed by atoms with van der Waals surface area (Å²) < 4.78 is 42.5. The maximum absolute atomic E-state index is 12.4. The molecule has 0 saturated carbocycles. The molecule has 1 atom stereocenters. The Bertz CT molecular complexity index is 552. The number of alkyl halides is 3. The summed E-state index contributed by atoms with van der Waals surface area (Å²) in [5, 5.41) is 5.47. The van der Waals surface area contributed by atoms with Crippen molar-refractivity contribution >= 4 is 11.7 Å². The Kier molecular flexibility index (Phi) is 6.44. The highest BCUT2D eigenvalue weighted by atomic mass is 19.4. The molecule has 1 aliphatic heterocycles. The molecule has 8 heteroatoms. The molecule has 0 aliphatic carbocycles. The van der Waals surface area contributed by atoms with Gasteiger partial charge in [0.25, 0.3) is 0 Å². The molecule has 0 unspecified atom stereocenters. The van der Waals surface area contributed by atoms with Crippen molar-refractivity contribution in [2.45, 2.75) is 32.2 Å². The summed E-state index contributed by atoms with van der Waals surface area (Å²) in [6, 6.07) is 6.56. The van der Waals surface area contributed by atoms with Gasteiger partial charge < -0.3 is 15.4 Å². The average Bonchev–Trinajstić information content (AvgIpc) is 2.91. The number of amides is 2. The second-order valence-electron chi connectivity index (χ2n) is 5.73. The van der Waals surface area contributed by atoms with Crippen LogP contribution in [0.2, 0.25) is 0 Å². The highest BCUT2D eigenvalue weighted by Crippen LogP contribution is 2.20. The molecule has 0 aromatic heterocycles. The summed E-state index contributed by atoms with van der Waals surface area (Å²) >= 11 is 0. The fourth-order valence-corrected chi connectivity index (χ4v) is 2.67. The van der Waals surface area contributed by atoms with Crippen molar-refractivity contribution in [3.63, 3.8) is 0 Å². The van der Waals surface area contributed by atoms with Crippen LogP contribution in [0.25, 0.3) is 0 Å². The quantitative estimate of drug-likeness (QED) is 0.833. The van der Waals surface area contributed by atoms with Crippen LogP contribution >= 0.6 is 0 Å². The van der Waals surface area contributed by atoms with E-state index in [0.717, 1.165) is 5.56 Å². The number of urea groups is 1. The summed E-state index contributed by atoms with van der Waals surface area (Å²) in [6.07, 6.45) is -3.71. The molecule has 1 aromatic carbocycles. The van der Waals surface area contributed by atoms with Crippen LogP contribution < -0.4 is 10.6 Å². The Balaban J connectivity index is 1.84. The van der Waals surface area contributed by atoms with Crippen LogP contribution in [0.3, 0.4) is 0 Å². The van der Waals surface area contributed by atoms with Gasteiger partial charge in [0.15, 0.2) is 0 Å². The number of ether oxygens (including phenoxy) is 1. The van der Waals surface area contributed by atoms with E-state index in [1.165, 1.54) is 4.90 Å². The van der Waals surface area contributed by atoms with Crippen LogP contribution in [-0.4, -0.2) is 49.4 Å². The van der Waals surface area contributed by atoms with Gasteiger partial charge in [0.1, 0.15) is 0 Å². The van der Waals surface area contributed by atoms with Crippen LogP contribution in [0.1, 0.15) is 18.9 Å². The molecule has 2 N–H and O–H groups in total. The van der Waals surface area contributed by atoms with Gasteiger partial charge in [-0.05, 0) is 19.4 Å². The Labute approximate surface area is 139 Å². The van der Waals surface area contributed by atoms with E-state index in [4.69, 9.17) is 4.74 Å². The van der Waals surface area contributed by atoms with Crippen LogP contribution in [0.15, 0.2) is 24.3 Å². The highest BCUT2D eigenvalue weighted by molar-refractivity contribution is 5.90. The topological polar surface area (TPSA) is 53.6 Å². The number of halogens is 3. The van der Waals surface area contributed by atoms with E-state index in [9.17, 15) is 18.0 Å². The first kappa shape index (κ1) is 18.5. The fourth-order valence-electron chi connectivity index (χ4n) is 2.67. The summed E-state index contributed by atoms with van der Waals surface area (Å²) in [5.41, 5.74) is 1.48. The number of para-hydroxylation sites is 1. The normalized spacial score (nSPS) is 18.6. The van der Waals surface area contributed by atoms with Gasteiger partial charge >= 0.3 is 12.2 Å². The first-order chi connectivity index (χ1) is 11.4. The number of likely N-dealkylation sites (tertiary alicyclic amines) is 1. The van der Waals surface area contributed by atoms with Crippen LogP contribution in [-0.2, 0) is 11.3 Å². The molecule has 0 spiro atoms. The van der Waals surface area contributed by atoms with Gasteiger partial charge in [-0.15, -0.1) is 0 Å². The molecule has 1 aromatic rings. The monoisotopic (exact) mass is 345 g/mol. The molecule has 0 bridgehead atoms. The number of nitrogens with zero attached hydrogens (tertiary/aromatic N) is 1. The van der Waals surface area contributed by atoms with Crippen molar-refractivity contribution in [2.75, 3.05) is 31.6 Å². The standard InChI is InChI=1S/C16H22F3N3O2/c1-2-24-10-12-5-3-4-6-14(12)21-15(23)20-13-7-8-22(9-13)11-16(17,18)19/h3-6,13H,2,7-11H2,1H3,(H2,20,21,23)/t13-/m1/s1. The third-order valence-corrected chi connectivity index (χ3v) is 3.74. The van der Waals surface area contributed by atoms with Crippen molar-refractivity contribution < 1.29 is 22.7 Å². The maximum atomic E-state index is 12.4. The lowest BCUT2D eigenvalue weighted by molar-refractivity contribution is -0.143. The van der Waals surface area contributed by atoms with Crippen LogP contribution in [0.4, 0.5) is 23.7 Å². The van der Waals surface area contributed by atoms with Gasteiger partial charge in [-0.3, -0.25) is 4.90 Å². The summed E-state index contributed by atoms with van der Waals surface area (Å²) in [7, 11) is 0. The number of carbonyl (C=O) groups excluding carboxylic acids is 1. The maximum Gasteiger partial charge on any atom is 0.401 e. The number of rotatable bonds is 6. The van der Waals surface area contributed by atoms with Crippen molar-refractivity contribution in [1.82, 2.24) is 10.2 Å².